The molecule has 0 bridgehead atoms. The molecule has 0 aromatic heterocycles. The smallest absolute Gasteiger partial charge is 0.323 e. The Morgan fingerprint density at radius 2 is 1.39 bits per heavy atom. The van der Waals surface area contributed by atoms with E-state index in [1.165, 1.54) is 0 Å². The van der Waals surface area contributed by atoms with Crippen LogP contribution in [0.15, 0.2) is 0 Å². The zero-order valence-corrected chi connectivity index (χ0v) is 12.9. The molecular formula is C11H17Cl3O4. The number of ether oxygens (including phenoxy) is 2. The summed E-state index contributed by atoms with van der Waals surface area (Å²) in [6, 6.07) is 0. The van der Waals surface area contributed by atoms with Crippen LogP contribution in [-0.2, 0) is 19.1 Å². The fourth-order valence-electron chi connectivity index (χ4n) is 1.47. The zero-order valence-electron chi connectivity index (χ0n) is 10.6. The molecule has 0 aliphatic heterocycles. The van der Waals surface area contributed by atoms with Crippen molar-refractivity contribution in [1.29, 1.82) is 0 Å². The number of rotatable bonds is 6. The summed E-state index contributed by atoms with van der Waals surface area (Å²) >= 11 is 16.5. The normalized spacial score (nSPS) is 12.1. The van der Waals surface area contributed by atoms with Gasteiger partial charge in [-0.15, -0.1) is 0 Å². The largest absolute Gasteiger partial charge is 0.465 e. The lowest BCUT2D eigenvalue weighted by Gasteiger charge is -2.27. The Labute approximate surface area is 122 Å². The maximum atomic E-state index is 12.0. The summed E-state index contributed by atoms with van der Waals surface area (Å²) in [7, 11) is 0. The van der Waals surface area contributed by atoms with Gasteiger partial charge in [0, 0.05) is 0 Å². The van der Waals surface area contributed by atoms with Crippen molar-refractivity contribution in [2.24, 2.45) is 5.41 Å². The lowest BCUT2D eigenvalue weighted by molar-refractivity contribution is -0.173. The van der Waals surface area contributed by atoms with Crippen molar-refractivity contribution in [3.05, 3.63) is 0 Å². The first-order valence-corrected chi connectivity index (χ1v) is 6.78. The molecule has 0 radical (unpaired) electrons. The molecule has 0 aromatic rings. The van der Waals surface area contributed by atoms with E-state index in [0.29, 0.717) is 0 Å². The lowest BCUT2D eigenvalue weighted by atomic mass is 9.82. The highest BCUT2D eigenvalue weighted by atomic mass is 35.6. The summed E-state index contributed by atoms with van der Waals surface area (Å²) in [6.45, 7) is 4.87. The van der Waals surface area contributed by atoms with E-state index < -0.39 is 27.8 Å². The minimum absolute atomic E-state index is 0.193. The molecule has 0 spiro atoms. The van der Waals surface area contributed by atoms with Crippen LogP contribution in [-0.4, -0.2) is 28.9 Å². The summed E-state index contributed by atoms with van der Waals surface area (Å²) in [5, 5.41) is 0. The Morgan fingerprint density at radius 1 is 0.944 bits per heavy atom. The van der Waals surface area contributed by atoms with Crippen LogP contribution in [0.3, 0.4) is 0 Å². The predicted molar refractivity (Wildman–Crippen MR) is 70.9 cm³/mol. The monoisotopic (exact) mass is 318 g/mol. The average molecular weight is 320 g/mol. The van der Waals surface area contributed by atoms with Crippen molar-refractivity contribution >= 4 is 46.7 Å². The molecule has 0 atom stereocenters. The topological polar surface area (TPSA) is 52.6 Å². The summed E-state index contributed by atoms with van der Waals surface area (Å²) in [5.41, 5.74) is -1.33. The highest BCUT2D eigenvalue weighted by Crippen LogP contribution is 2.32. The second kappa shape index (κ2) is 7.41. The van der Waals surface area contributed by atoms with E-state index >= 15 is 0 Å². The molecule has 18 heavy (non-hydrogen) atoms. The molecule has 0 aromatic carbocycles. The zero-order chi connectivity index (χ0) is 14.4. The standard InChI is InChI=1S/C11H17Cl3O4/c1-4-10(5-2,8(15)17-6-3)9(16)18-7-11(12,13)14/h4-7H2,1-3H3. The molecular weight excluding hydrogens is 302 g/mol. The van der Waals surface area contributed by atoms with Crippen molar-refractivity contribution in [3.63, 3.8) is 0 Å². The van der Waals surface area contributed by atoms with Gasteiger partial charge in [0.15, 0.2) is 5.41 Å². The van der Waals surface area contributed by atoms with Crippen molar-refractivity contribution in [2.75, 3.05) is 13.2 Å². The third-order valence-electron chi connectivity index (χ3n) is 2.63. The first kappa shape index (κ1) is 17.8. The van der Waals surface area contributed by atoms with Gasteiger partial charge in [-0.25, -0.2) is 0 Å². The second-order valence-electron chi connectivity index (χ2n) is 3.70. The molecule has 0 fully saturated rings. The molecule has 0 amide bonds. The van der Waals surface area contributed by atoms with Crippen molar-refractivity contribution in [1.82, 2.24) is 0 Å². The Hall–Kier alpha value is -0.190. The average Bonchev–Trinajstić information content (AvgIpc) is 2.28. The van der Waals surface area contributed by atoms with Gasteiger partial charge in [0.1, 0.15) is 6.61 Å². The molecule has 0 heterocycles. The third kappa shape index (κ3) is 4.82. The van der Waals surface area contributed by atoms with Crippen LogP contribution in [0, 0.1) is 5.41 Å². The van der Waals surface area contributed by atoms with Gasteiger partial charge in [0.05, 0.1) is 6.61 Å². The first-order chi connectivity index (χ1) is 8.23. The minimum Gasteiger partial charge on any atom is -0.465 e. The van der Waals surface area contributed by atoms with E-state index in [1.807, 2.05) is 0 Å². The fourth-order valence-corrected chi connectivity index (χ4v) is 1.63. The van der Waals surface area contributed by atoms with Gasteiger partial charge in [-0.2, -0.15) is 0 Å². The third-order valence-corrected chi connectivity index (χ3v) is 2.96. The Morgan fingerprint density at radius 3 is 1.72 bits per heavy atom. The van der Waals surface area contributed by atoms with E-state index in [-0.39, 0.29) is 19.4 Å². The molecule has 0 rings (SSSR count). The molecule has 106 valence electrons. The molecule has 0 N–H and O–H groups in total. The lowest BCUT2D eigenvalue weighted by Crippen LogP contribution is -2.42. The van der Waals surface area contributed by atoms with Gasteiger partial charge in [-0.05, 0) is 19.8 Å². The van der Waals surface area contributed by atoms with Crippen molar-refractivity contribution in [2.45, 2.75) is 37.4 Å². The van der Waals surface area contributed by atoms with Crippen LogP contribution >= 0.6 is 34.8 Å². The summed E-state index contributed by atoms with van der Waals surface area (Å²) in [4.78, 5) is 23.9. The Bertz CT molecular complexity index is 295. The number of halogens is 3. The number of hydrogen-bond acceptors (Lipinski definition) is 4. The molecule has 0 aliphatic rings. The van der Waals surface area contributed by atoms with E-state index in [9.17, 15) is 9.59 Å². The van der Waals surface area contributed by atoms with Crippen LogP contribution < -0.4 is 0 Å². The quantitative estimate of drug-likeness (QED) is 0.428. The Balaban J connectivity index is 4.88. The van der Waals surface area contributed by atoms with Gasteiger partial charge in [-0.1, -0.05) is 48.7 Å². The molecule has 7 heteroatoms. The number of hydrogen-bond donors (Lipinski definition) is 0. The van der Waals surface area contributed by atoms with Gasteiger partial charge in [0.2, 0.25) is 3.79 Å². The fraction of sp³-hybridized carbons (Fsp3) is 0.818. The van der Waals surface area contributed by atoms with Gasteiger partial charge in [-0.3, -0.25) is 9.59 Å². The molecule has 0 unspecified atom stereocenters. The second-order valence-corrected chi connectivity index (χ2v) is 6.22. The van der Waals surface area contributed by atoms with Gasteiger partial charge in [0.25, 0.3) is 0 Å². The molecule has 0 aliphatic carbocycles. The Kier molecular flexibility index (Phi) is 7.33. The summed E-state index contributed by atoms with van der Waals surface area (Å²) in [6.07, 6.45) is 0.530. The number of carbonyl (C=O) groups is 2. The maximum absolute atomic E-state index is 12.0. The van der Waals surface area contributed by atoms with Gasteiger partial charge < -0.3 is 9.47 Å². The van der Waals surface area contributed by atoms with Crippen molar-refractivity contribution in [3.8, 4) is 0 Å². The maximum Gasteiger partial charge on any atom is 0.323 e. The SMILES string of the molecule is CCOC(=O)C(CC)(CC)C(=O)OCC(Cl)(Cl)Cl. The van der Waals surface area contributed by atoms with Crippen LogP contribution in [0.4, 0.5) is 0 Å². The molecule has 4 nitrogen and oxygen atoms in total. The van der Waals surface area contributed by atoms with E-state index in [0.717, 1.165) is 0 Å². The molecule has 0 saturated heterocycles. The van der Waals surface area contributed by atoms with E-state index in [4.69, 9.17) is 44.3 Å². The van der Waals surface area contributed by atoms with Crippen LogP contribution in [0.25, 0.3) is 0 Å². The summed E-state index contributed by atoms with van der Waals surface area (Å²) < 4.78 is 8.09. The molecule has 0 saturated carbocycles. The highest BCUT2D eigenvalue weighted by molar-refractivity contribution is 6.67. The van der Waals surface area contributed by atoms with E-state index in [2.05, 4.69) is 0 Å². The summed E-state index contributed by atoms with van der Waals surface area (Å²) in [5.74, 6) is -1.33. The van der Waals surface area contributed by atoms with Crippen molar-refractivity contribution < 1.29 is 19.1 Å². The minimum atomic E-state index is -1.70. The first-order valence-electron chi connectivity index (χ1n) is 5.64. The van der Waals surface area contributed by atoms with Crippen LogP contribution in [0.2, 0.25) is 0 Å². The number of carbonyl (C=O) groups excluding carboxylic acids is 2. The van der Waals surface area contributed by atoms with Crippen LogP contribution in [0.5, 0.6) is 0 Å². The van der Waals surface area contributed by atoms with Crippen LogP contribution in [0.1, 0.15) is 33.6 Å². The predicted octanol–water partition coefficient (Wildman–Crippen LogP) is 3.27. The van der Waals surface area contributed by atoms with E-state index in [1.54, 1.807) is 20.8 Å². The highest BCUT2D eigenvalue weighted by Gasteiger charge is 2.46. The number of esters is 2. The number of alkyl halides is 3. The van der Waals surface area contributed by atoms with Gasteiger partial charge >= 0.3 is 11.9 Å².